The summed E-state index contributed by atoms with van der Waals surface area (Å²) >= 11 is 0. The van der Waals surface area contributed by atoms with Gasteiger partial charge in [0.1, 0.15) is 28.6 Å². The number of para-hydroxylation sites is 1. The largest absolute Gasteiger partial charge is 0.457 e. The Morgan fingerprint density at radius 1 is 1.03 bits per heavy atom. The van der Waals surface area contributed by atoms with Crippen molar-refractivity contribution in [2.75, 3.05) is 25.0 Å². The fraction of sp³-hybridized carbons (Fsp3) is 0.192. The second-order valence-electron chi connectivity index (χ2n) is 7.92. The van der Waals surface area contributed by atoms with Crippen LogP contribution in [0.4, 0.5) is 5.82 Å². The summed E-state index contributed by atoms with van der Waals surface area (Å²) in [6, 6.07) is 19.9. The lowest BCUT2D eigenvalue weighted by molar-refractivity contribution is -0.126. The van der Waals surface area contributed by atoms with Crippen molar-refractivity contribution < 1.29 is 19.1 Å². The molecule has 0 saturated carbocycles. The summed E-state index contributed by atoms with van der Waals surface area (Å²) in [5, 5.41) is 0. The smallest absolute Gasteiger partial charge is 0.254 e. The van der Waals surface area contributed by atoms with Gasteiger partial charge in [-0.15, -0.1) is 0 Å². The Balaban J connectivity index is 1.50. The standard InChI is InChI=1S/C26H26N4O4/c1-3-24(31)29(2)18-15-16-30(17-18)23-14-13-22(25(27)32)26(28-23)34-21-11-9-20(10-12-21)33-19-7-5-4-6-8-19/h3-14,18H,1,15-17H2,2H3,(H2,27,32)/t18-/m0/s1. The van der Waals surface area contributed by atoms with E-state index < -0.39 is 5.91 Å². The van der Waals surface area contributed by atoms with E-state index in [1.165, 1.54) is 6.08 Å². The molecule has 0 spiro atoms. The van der Waals surface area contributed by atoms with E-state index in [4.69, 9.17) is 15.2 Å². The average molecular weight is 459 g/mol. The summed E-state index contributed by atoms with van der Waals surface area (Å²) < 4.78 is 11.7. The quantitative estimate of drug-likeness (QED) is 0.513. The van der Waals surface area contributed by atoms with Gasteiger partial charge < -0.3 is 25.0 Å². The zero-order valence-corrected chi connectivity index (χ0v) is 18.9. The van der Waals surface area contributed by atoms with Gasteiger partial charge in [-0.25, -0.2) is 0 Å². The van der Waals surface area contributed by atoms with Gasteiger partial charge in [0.2, 0.25) is 11.8 Å². The van der Waals surface area contributed by atoms with Crippen LogP contribution in [-0.2, 0) is 4.79 Å². The third kappa shape index (κ3) is 5.17. The maximum atomic E-state index is 12.0. The van der Waals surface area contributed by atoms with Crippen LogP contribution in [0.15, 0.2) is 79.4 Å². The second kappa shape index (κ2) is 10.1. The summed E-state index contributed by atoms with van der Waals surface area (Å²) in [6.07, 6.45) is 2.11. The number of carbonyl (C=O) groups is 2. The molecule has 2 N–H and O–H groups in total. The van der Waals surface area contributed by atoms with Gasteiger partial charge in [-0.2, -0.15) is 4.98 Å². The van der Waals surface area contributed by atoms with Crippen LogP contribution in [0.2, 0.25) is 0 Å². The van der Waals surface area contributed by atoms with Gasteiger partial charge in [0, 0.05) is 20.1 Å². The number of amides is 2. The molecule has 1 fully saturated rings. The number of likely N-dealkylation sites (N-methyl/N-ethyl adjacent to an activating group) is 1. The summed E-state index contributed by atoms with van der Waals surface area (Å²) in [6.45, 7) is 4.88. The Morgan fingerprint density at radius 2 is 1.68 bits per heavy atom. The van der Waals surface area contributed by atoms with E-state index in [0.717, 1.165) is 12.2 Å². The first-order valence-electron chi connectivity index (χ1n) is 10.9. The SMILES string of the molecule is C=CC(=O)N(C)[C@H]1CCN(c2ccc(C(N)=O)c(Oc3ccc(Oc4ccccc4)cc3)n2)C1. The van der Waals surface area contributed by atoms with Crippen LogP contribution in [0.3, 0.4) is 0 Å². The number of benzene rings is 2. The van der Waals surface area contributed by atoms with E-state index >= 15 is 0 Å². The molecular weight excluding hydrogens is 432 g/mol. The number of primary amides is 1. The number of hydrogen-bond acceptors (Lipinski definition) is 6. The molecule has 34 heavy (non-hydrogen) atoms. The highest BCUT2D eigenvalue weighted by Gasteiger charge is 2.29. The van der Waals surface area contributed by atoms with Crippen molar-refractivity contribution in [3.05, 3.63) is 84.9 Å². The molecule has 8 nitrogen and oxygen atoms in total. The molecule has 174 valence electrons. The molecule has 1 aliphatic heterocycles. The Kier molecular flexibility index (Phi) is 6.77. The minimum absolute atomic E-state index is 0.0460. The van der Waals surface area contributed by atoms with Gasteiger partial charge in [0.25, 0.3) is 5.91 Å². The molecule has 2 heterocycles. The zero-order chi connectivity index (χ0) is 24.1. The fourth-order valence-corrected chi connectivity index (χ4v) is 3.77. The lowest BCUT2D eigenvalue weighted by Crippen LogP contribution is -2.38. The highest BCUT2D eigenvalue weighted by atomic mass is 16.5. The molecule has 4 rings (SSSR count). The zero-order valence-electron chi connectivity index (χ0n) is 18.9. The van der Waals surface area contributed by atoms with Crippen molar-refractivity contribution in [1.29, 1.82) is 0 Å². The van der Waals surface area contributed by atoms with Gasteiger partial charge in [0.05, 0.1) is 6.04 Å². The van der Waals surface area contributed by atoms with Crippen LogP contribution in [0, 0.1) is 0 Å². The van der Waals surface area contributed by atoms with Crippen molar-refractivity contribution >= 4 is 17.6 Å². The second-order valence-corrected chi connectivity index (χ2v) is 7.92. The number of carbonyl (C=O) groups excluding carboxylic acids is 2. The number of pyridine rings is 1. The number of nitrogens with two attached hydrogens (primary N) is 1. The maximum Gasteiger partial charge on any atom is 0.254 e. The topological polar surface area (TPSA) is 98.0 Å². The fourth-order valence-electron chi connectivity index (χ4n) is 3.77. The summed E-state index contributed by atoms with van der Waals surface area (Å²) in [4.78, 5) is 32.2. The van der Waals surface area contributed by atoms with Crippen LogP contribution in [-0.4, -0.2) is 47.9 Å². The lowest BCUT2D eigenvalue weighted by atomic mass is 10.2. The van der Waals surface area contributed by atoms with E-state index in [0.29, 0.717) is 30.4 Å². The van der Waals surface area contributed by atoms with Crippen LogP contribution < -0.4 is 20.1 Å². The van der Waals surface area contributed by atoms with Crippen LogP contribution >= 0.6 is 0 Å². The molecule has 1 saturated heterocycles. The predicted octanol–water partition coefficient (Wildman–Crippen LogP) is 3.99. The first-order chi connectivity index (χ1) is 16.4. The van der Waals surface area contributed by atoms with Crippen molar-refractivity contribution in [1.82, 2.24) is 9.88 Å². The van der Waals surface area contributed by atoms with E-state index in [1.807, 2.05) is 35.2 Å². The Hall–Kier alpha value is -4.33. The van der Waals surface area contributed by atoms with Crippen molar-refractivity contribution in [3.63, 3.8) is 0 Å². The number of hydrogen-bond donors (Lipinski definition) is 1. The molecule has 1 atom stereocenters. The molecule has 0 aliphatic carbocycles. The van der Waals surface area contributed by atoms with Crippen LogP contribution in [0.25, 0.3) is 0 Å². The summed E-state index contributed by atoms with van der Waals surface area (Å²) in [7, 11) is 1.77. The van der Waals surface area contributed by atoms with E-state index in [1.54, 1.807) is 48.3 Å². The Morgan fingerprint density at radius 3 is 2.32 bits per heavy atom. The number of ether oxygens (including phenoxy) is 2. The van der Waals surface area contributed by atoms with Crippen molar-refractivity contribution in [3.8, 4) is 23.1 Å². The minimum Gasteiger partial charge on any atom is -0.457 e. The maximum absolute atomic E-state index is 12.0. The van der Waals surface area contributed by atoms with Crippen molar-refractivity contribution in [2.24, 2.45) is 5.73 Å². The number of anilines is 1. The molecule has 3 aromatic rings. The first kappa shape index (κ1) is 22.8. The van der Waals surface area contributed by atoms with E-state index in [2.05, 4.69) is 11.6 Å². The van der Waals surface area contributed by atoms with Crippen molar-refractivity contribution in [2.45, 2.75) is 12.5 Å². The molecule has 2 aromatic carbocycles. The third-order valence-corrected chi connectivity index (χ3v) is 5.69. The van der Waals surface area contributed by atoms with Crippen LogP contribution in [0.1, 0.15) is 16.8 Å². The van der Waals surface area contributed by atoms with Gasteiger partial charge in [-0.05, 0) is 61.0 Å². The summed E-state index contributed by atoms with van der Waals surface area (Å²) in [5.74, 6) is 1.89. The third-order valence-electron chi connectivity index (χ3n) is 5.69. The minimum atomic E-state index is -0.631. The molecule has 1 aromatic heterocycles. The highest BCUT2D eigenvalue weighted by Crippen LogP contribution is 2.30. The normalized spacial score (nSPS) is 15.0. The highest BCUT2D eigenvalue weighted by molar-refractivity contribution is 5.95. The predicted molar refractivity (Wildman–Crippen MR) is 129 cm³/mol. The summed E-state index contributed by atoms with van der Waals surface area (Å²) in [5.41, 5.74) is 5.73. The molecule has 1 aliphatic rings. The Bertz CT molecular complexity index is 1180. The molecule has 0 radical (unpaired) electrons. The van der Waals surface area contributed by atoms with Crippen LogP contribution in [0.5, 0.6) is 23.1 Å². The molecule has 2 amide bonds. The van der Waals surface area contributed by atoms with Gasteiger partial charge >= 0.3 is 0 Å². The van der Waals surface area contributed by atoms with E-state index in [9.17, 15) is 9.59 Å². The molecule has 8 heteroatoms. The molecule has 0 unspecified atom stereocenters. The number of rotatable bonds is 8. The monoisotopic (exact) mass is 458 g/mol. The van der Waals surface area contributed by atoms with E-state index in [-0.39, 0.29) is 23.4 Å². The number of aromatic nitrogens is 1. The first-order valence-corrected chi connectivity index (χ1v) is 10.9. The van der Waals surface area contributed by atoms with Gasteiger partial charge in [0.15, 0.2) is 0 Å². The lowest BCUT2D eigenvalue weighted by Gasteiger charge is -2.24. The van der Waals surface area contributed by atoms with Gasteiger partial charge in [-0.3, -0.25) is 9.59 Å². The molecule has 0 bridgehead atoms. The number of nitrogens with zero attached hydrogens (tertiary/aromatic N) is 3. The Labute approximate surface area is 198 Å². The molecular formula is C26H26N4O4. The average Bonchev–Trinajstić information content (AvgIpc) is 3.35. The van der Waals surface area contributed by atoms with Gasteiger partial charge in [-0.1, -0.05) is 24.8 Å².